The Morgan fingerprint density at radius 1 is 1.28 bits per heavy atom. The van der Waals surface area contributed by atoms with E-state index in [2.05, 4.69) is 44.0 Å². The summed E-state index contributed by atoms with van der Waals surface area (Å²) >= 11 is 0. The lowest BCUT2D eigenvalue weighted by molar-refractivity contribution is 0.328. The number of hydrogen-bond donors (Lipinski definition) is 1. The molecule has 1 N–H and O–H groups in total. The predicted molar refractivity (Wildman–Crippen MR) is 74.5 cm³/mol. The number of hydrogen-bond acceptors (Lipinski definition) is 3. The van der Waals surface area contributed by atoms with Gasteiger partial charge in [0.2, 0.25) is 0 Å². The summed E-state index contributed by atoms with van der Waals surface area (Å²) in [7, 11) is 0. The van der Waals surface area contributed by atoms with Crippen molar-refractivity contribution in [1.82, 2.24) is 10.2 Å². The Morgan fingerprint density at radius 3 is 2.56 bits per heavy atom. The monoisotopic (exact) mass is 250 g/mol. The molecule has 1 aromatic rings. The SMILES string of the molecule is Cc1oc(CNC(C)(C)C)cc1CN1CCCC1. The Labute approximate surface area is 111 Å². The normalized spacial score (nSPS) is 17.6. The molecular weight excluding hydrogens is 224 g/mol. The largest absolute Gasteiger partial charge is 0.465 e. The smallest absolute Gasteiger partial charge is 0.118 e. The molecule has 1 aliphatic heterocycles. The van der Waals surface area contributed by atoms with E-state index in [1.165, 1.54) is 31.5 Å². The summed E-state index contributed by atoms with van der Waals surface area (Å²) in [5.74, 6) is 2.13. The van der Waals surface area contributed by atoms with E-state index in [-0.39, 0.29) is 5.54 Å². The van der Waals surface area contributed by atoms with Gasteiger partial charge in [0.25, 0.3) is 0 Å². The van der Waals surface area contributed by atoms with E-state index >= 15 is 0 Å². The van der Waals surface area contributed by atoms with Crippen LogP contribution in [0.25, 0.3) is 0 Å². The highest BCUT2D eigenvalue weighted by atomic mass is 16.3. The van der Waals surface area contributed by atoms with Crippen molar-refractivity contribution in [3.8, 4) is 0 Å². The maximum atomic E-state index is 5.83. The van der Waals surface area contributed by atoms with E-state index in [1.807, 2.05) is 0 Å². The maximum Gasteiger partial charge on any atom is 0.118 e. The van der Waals surface area contributed by atoms with Crippen LogP contribution in [0.15, 0.2) is 10.5 Å². The van der Waals surface area contributed by atoms with Gasteiger partial charge in [-0.2, -0.15) is 0 Å². The molecular formula is C15H26N2O. The van der Waals surface area contributed by atoms with Crippen LogP contribution in [0, 0.1) is 6.92 Å². The Balaban J connectivity index is 1.93. The van der Waals surface area contributed by atoms with Crippen molar-refractivity contribution >= 4 is 0 Å². The fraction of sp³-hybridized carbons (Fsp3) is 0.733. The van der Waals surface area contributed by atoms with Crippen LogP contribution in [0.1, 0.15) is 50.7 Å². The highest BCUT2D eigenvalue weighted by Gasteiger charge is 2.16. The molecule has 0 saturated carbocycles. The lowest BCUT2D eigenvalue weighted by atomic mass is 10.1. The lowest BCUT2D eigenvalue weighted by Gasteiger charge is -2.19. The molecule has 18 heavy (non-hydrogen) atoms. The van der Waals surface area contributed by atoms with Crippen LogP contribution >= 0.6 is 0 Å². The Hall–Kier alpha value is -0.800. The second-order valence-corrected chi connectivity index (χ2v) is 6.38. The number of aryl methyl sites for hydroxylation is 1. The summed E-state index contributed by atoms with van der Waals surface area (Å²) in [5.41, 5.74) is 1.48. The van der Waals surface area contributed by atoms with E-state index in [0.717, 1.165) is 24.6 Å². The van der Waals surface area contributed by atoms with Crippen LogP contribution in [0.3, 0.4) is 0 Å². The number of nitrogens with zero attached hydrogens (tertiary/aromatic N) is 1. The highest BCUT2D eigenvalue weighted by Crippen LogP contribution is 2.19. The van der Waals surface area contributed by atoms with Crippen LogP contribution in [-0.2, 0) is 13.1 Å². The summed E-state index contributed by atoms with van der Waals surface area (Å²) in [6.07, 6.45) is 2.69. The Morgan fingerprint density at radius 2 is 1.94 bits per heavy atom. The molecule has 2 heterocycles. The molecule has 1 aliphatic rings. The van der Waals surface area contributed by atoms with Crippen LogP contribution in [0.2, 0.25) is 0 Å². The zero-order chi connectivity index (χ0) is 13.2. The minimum Gasteiger partial charge on any atom is -0.465 e. The van der Waals surface area contributed by atoms with Gasteiger partial charge in [-0.05, 0) is 59.7 Å². The molecule has 1 aromatic heterocycles. The third-order valence-electron chi connectivity index (χ3n) is 3.46. The maximum absolute atomic E-state index is 5.83. The number of likely N-dealkylation sites (tertiary alicyclic amines) is 1. The van der Waals surface area contributed by atoms with Gasteiger partial charge in [-0.15, -0.1) is 0 Å². The van der Waals surface area contributed by atoms with Crippen LogP contribution in [0.5, 0.6) is 0 Å². The van der Waals surface area contributed by atoms with Crippen molar-refractivity contribution in [3.63, 3.8) is 0 Å². The topological polar surface area (TPSA) is 28.4 Å². The number of nitrogens with one attached hydrogen (secondary N) is 1. The van der Waals surface area contributed by atoms with Gasteiger partial charge < -0.3 is 9.73 Å². The van der Waals surface area contributed by atoms with Gasteiger partial charge in [0, 0.05) is 17.6 Å². The van der Waals surface area contributed by atoms with E-state index in [0.29, 0.717) is 0 Å². The second kappa shape index (κ2) is 5.45. The van der Waals surface area contributed by atoms with E-state index in [9.17, 15) is 0 Å². The Kier molecular flexibility index (Phi) is 4.13. The van der Waals surface area contributed by atoms with Crippen molar-refractivity contribution in [2.24, 2.45) is 0 Å². The van der Waals surface area contributed by atoms with Crippen LogP contribution < -0.4 is 5.32 Å². The summed E-state index contributed by atoms with van der Waals surface area (Å²) < 4.78 is 5.83. The first-order chi connectivity index (χ1) is 8.44. The van der Waals surface area contributed by atoms with Crippen LogP contribution in [0.4, 0.5) is 0 Å². The molecule has 0 bridgehead atoms. The molecule has 0 amide bonds. The van der Waals surface area contributed by atoms with Crippen molar-refractivity contribution in [3.05, 3.63) is 23.2 Å². The first kappa shape index (κ1) is 13.6. The molecule has 0 unspecified atom stereocenters. The van der Waals surface area contributed by atoms with Crippen molar-refractivity contribution in [2.75, 3.05) is 13.1 Å². The van der Waals surface area contributed by atoms with Crippen molar-refractivity contribution < 1.29 is 4.42 Å². The molecule has 0 aliphatic carbocycles. The summed E-state index contributed by atoms with van der Waals surface area (Å²) in [4.78, 5) is 2.51. The first-order valence-corrected chi connectivity index (χ1v) is 6.99. The summed E-state index contributed by atoms with van der Waals surface area (Å²) in [5, 5.41) is 3.46. The Bertz CT molecular complexity index is 384. The molecule has 1 fully saturated rings. The van der Waals surface area contributed by atoms with Crippen molar-refractivity contribution in [1.29, 1.82) is 0 Å². The van der Waals surface area contributed by atoms with Gasteiger partial charge >= 0.3 is 0 Å². The van der Waals surface area contributed by atoms with Gasteiger partial charge in [0.1, 0.15) is 11.5 Å². The minimum atomic E-state index is 0.135. The zero-order valence-corrected chi connectivity index (χ0v) is 12.2. The standard InChI is InChI=1S/C15H26N2O/c1-12-13(11-17-7-5-6-8-17)9-14(18-12)10-16-15(2,3)4/h9,16H,5-8,10-11H2,1-4H3. The van der Waals surface area contributed by atoms with Gasteiger partial charge in [-0.3, -0.25) is 4.90 Å². The molecule has 0 atom stereocenters. The fourth-order valence-corrected chi connectivity index (χ4v) is 2.37. The zero-order valence-electron chi connectivity index (χ0n) is 12.2. The molecule has 3 nitrogen and oxygen atoms in total. The van der Waals surface area contributed by atoms with Gasteiger partial charge in [0.15, 0.2) is 0 Å². The highest BCUT2D eigenvalue weighted by molar-refractivity contribution is 5.21. The third kappa shape index (κ3) is 3.85. The van der Waals surface area contributed by atoms with Gasteiger partial charge in [-0.1, -0.05) is 0 Å². The fourth-order valence-electron chi connectivity index (χ4n) is 2.37. The van der Waals surface area contributed by atoms with E-state index < -0.39 is 0 Å². The molecule has 2 rings (SSSR count). The van der Waals surface area contributed by atoms with Crippen molar-refractivity contribution in [2.45, 2.75) is 59.2 Å². The number of rotatable bonds is 4. The second-order valence-electron chi connectivity index (χ2n) is 6.38. The summed E-state index contributed by atoms with van der Waals surface area (Å²) in [6.45, 7) is 12.9. The molecule has 0 spiro atoms. The average molecular weight is 250 g/mol. The predicted octanol–water partition coefficient (Wildman–Crippen LogP) is 3.07. The molecule has 0 aromatic carbocycles. The number of furan rings is 1. The minimum absolute atomic E-state index is 0.135. The molecule has 102 valence electrons. The third-order valence-corrected chi connectivity index (χ3v) is 3.46. The molecule has 1 saturated heterocycles. The average Bonchev–Trinajstić information content (AvgIpc) is 2.86. The van der Waals surface area contributed by atoms with E-state index in [4.69, 9.17) is 4.42 Å². The quantitative estimate of drug-likeness (QED) is 0.890. The van der Waals surface area contributed by atoms with E-state index in [1.54, 1.807) is 0 Å². The summed E-state index contributed by atoms with van der Waals surface area (Å²) in [6, 6.07) is 2.21. The van der Waals surface area contributed by atoms with Crippen LogP contribution in [-0.4, -0.2) is 23.5 Å². The molecule has 0 radical (unpaired) electrons. The lowest BCUT2D eigenvalue weighted by Crippen LogP contribution is -2.34. The first-order valence-electron chi connectivity index (χ1n) is 6.99. The van der Waals surface area contributed by atoms with Gasteiger partial charge in [0.05, 0.1) is 6.54 Å². The molecule has 3 heteroatoms. The van der Waals surface area contributed by atoms with Gasteiger partial charge in [-0.25, -0.2) is 0 Å².